The van der Waals surface area contributed by atoms with E-state index in [0.29, 0.717) is 0 Å². The van der Waals surface area contributed by atoms with Gasteiger partial charge >= 0.3 is 6.03 Å². The van der Waals surface area contributed by atoms with E-state index in [9.17, 15) is 9.70 Å². The highest BCUT2D eigenvalue weighted by Gasteiger charge is 2.24. The topological polar surface area (TPSA) is 73.8 Å². The van der Waals surface area contributed by atoms with Crippen molar-refractivity contribution in [3.63, 3.8) is 0 Å². The summed E-state index contributed by atoms with van der Waals surface area (Å²) in [6.07, 6.45) is 1.74. The van der Waals surface area contributed by atoms with Crippen molar-refractivity contribution >= 4 is 28.1 Å². The minimum atomic E-state index is -0.311. The number of benzene rings is 2. The summed E-state index contributed by atoms with van der Waals surface area (Å²) in [4.78, 5) is 27.2. The van der Waals surface area contributed by atoms with E-state index in [4.69, 9.17) is 0 Å². The van der Waals surface area contributed by atoms with Gasteiger partial charge in [0.15, 0.2) is 0 Å². The first-order valence-electron chi connectivity index (χ1n) is 10.5. The van der Waals surface area contributed by atoms with Crippen LogP contribution in [0.15, 0.2) is 59.8 Å². The number of nitrogens with zero attached hydrogens (tertiary/aromatic N) is 2. The first-order valence-corrected chi connectivity index (χ1v) is 11.3. The van der Waals surface area contributed by atoms with Crippen molar-refractivity contribution in [2.24, 2.45) is 5.18 Å². The molecule has 4 rings (SSSR count). The number of nitroso groups, excluding NO2 is 1. The van der Waals surface area contributed by atoms with Crippen LogP contribution in [0, 0.1) is 4.91 Å². The van der Waals surface area contributed by atoms with Gasteiger partial charge in [0.05, 0.1) is 0 Å². The first kappa shape index (κ1) is 21.2. The van der Waals surface area contributed by atoms with Crippen LogP contribution in [0.25, 0.3) is 0 Å². The Hall–Kier alpha value is -3.03. The molecule has 6 nitrogen and oxygen atoms in total. The van der Waals surface area contributed by atoms with Gasteiger partial charge in [0.25, 0.3) is 0 Å². The van der Waals surface area contributed by atoms with Crippen LogP contribution in [0.2, 0.25) is 0 Å². The SMILES string of the molecule is CCN1CCc2c(sc(NC(=O)Nc3ccc(Cc4ccccc4)cc3)c2CN=O)C1. The largest absolute Gasteiger partial charge is 0.324 e. The van der Waals surface area contributed by atoms with Crippen molar-refractivity contribution in [1.82, 2.24) is 4.90 Å². The molecule has 31 heavy (non-hydrogen) atoms. The molecule has 1 aliphatic heterocycles. The second-order valence-corrected chi connectivity index (χ2v) is 8.76. The zero-order chi connectivity index (χ0) is 21.6. The Balaban J connectivity index is 1.41. The zero-order valence-electron chi connectivity index (χ0n) is 17.6. The number of thiophene rings is 1. The van der Waals surface area contributed by atoms with Crippen LogP contribution in [0.3, 0.4) is 0 Å². The van der Waals surface area contributed by atoms with E-state index in [0.717, 1.165) is 48.7 Å². The summed E-state index contributed by atoms with van der Waals surface area (Å²) in [5, 5.41) is 9.64. The van der Waals surface area contributed by atoms with Crippen LogP contribution < -0.4 is 10.6 Å². The van der Waals surface area contributed by atoms with E-state index in [1.54, 1.807) is 11.3 Å². The van der Waals surface area contributed by atoms with Crippen molar-refractivity contribution in [1.29, 1.82) is 0 Å². The van der Waals surface area contributed by atoms with Crippen LogP contribution in [0.1, 0.15) is 34.1 Å². The van der Waals surface area contributed by atoms with Crippen molar-refractivity contribution in [3.05, 3.63) is 86.6 Å². The lowest BCUT2D eigenvalue weighted by Crippen LogP contribution is -2.29. The molecular formula is C24H26N4O2S. The Morgan fingerprint density at radius 1 is 1.06 bits per heavy atom. The van der Waals surface area contributed by atoms with Gasteiger partial charge in [0.1, 0.15) is 11.5 Å². The lowest BCUT2D eigenvalue weighted by molar-refractivity contribution is 0.262. The van der Waals surface area contributed by atoms with Crippen LogP contribution in [0.5, 0.6) is 0 Å². The van der Waals surface area contributed by atoms with Gasteiger partial charge in [-0.2, -0.15) is 4.91 Å². The molecule has 2 amide bonds. The van der Waals surface area contributed by atoms with Crippen molar-refractivity contribution in [2.75, 3.05) is 23.7 Å². The smallest absolute Gasteiger partial charge is 0.308 e. The van der Waals surface area contributed by atoms with Crippen LogP contribution in [-0.2, 0) is 25.9 Å². The molecule has 2 aromatic carbocycles. The van der Waals surface area contributed by atoms with Crippen molar-refractivity contribution < 1.29 is 4.79 Å². The minimum absolute atomic E-state index is 0.0851. The Kier molecular flexibility index (Phi) is 6.74. The third kappa shape index (κ3) is 5.18. The summed E-state index contributed by atoms with van der Waals surface area (Å²) < 4.78 is 0. The maximum Gasteiger partial charge on any atom is 0.324 e. The van der Waals surface area contributed by atoms with E-state index in [1.165, 1.54) is 21.6 Å². The van der Waals surface area contributed by atoms with Crippen LogP contribution >= 0.6 is 11.3 Å². The fourth-order valence-corrected chi connectivity index (χ4v) is 5.22. The van der Waals surface area contributed by atoms with Crippen LogP contribution in [0.4, 0.5) is 15.5 Å². The molecule has 2 heterocycles. The third-order valence-corrected chi connectivity index (χ3v) is 6.78. The molecule has 7 heteroatoms. The number of amides is 2. The fraction of sp³-hybridized carbons (Fsp3) is 0.292. The Bertz CT molecular complexity index is 1050. The van der Waals surface area contributed by atoms with E-state index >= 15 is 0 Å². The maximum absolute atomic E-state index is 12.6. The lowest BCUT2D eigenvalue weighted by Gasteiger charge is -2.25. The predicted octanol–water partition coefficient (Wildman–Crippen LogP) is 5.63. The van der Waals surface area contributed by atoms with Crippen LogP contribution in [-0.4, -0.2) is 24.0 Å². The van der Waals surface area contributed by atoms with Gasteiger partial charge in [-0.15, -0.1) is 11.3 Å². The molecule has 3 aromatic rings. The highest BCUT2D eigenvalue weighted by Crippen LogP contribution is 2.37. The quantitative estimate of drug-likeness (QED) is 0.474. The van der Waals surface area contributed by atoms with Crippen molar-refractivity contribution in [2.45, 2.75) is 32.9 Å². The van der Waals surface area contributed by atoms with E-state index < -0.39 is 0 Å². The number of fused-ring (bicyclic) bond motifs is 1. The summed E-state index contributed by atoms with van der Waals surface area (Å²) in [6.45, 7) is 5.04. The monoisotopic (exact) mass is 434 g/mol. The second kappa shape index (κ2) is 9.85. The molecule has 1 aliphatic rings. The Morgan fingerprint density at radius 3 is 2.52 bits per heavy atom. The number of carbonyl (C=O) groups is 1. The standard InChI is InChI=1S/C24H26N4O2S/c1-2-28-13-12-20-21(15-25-30)23(31-22(20)16-28)27-24(29)26-19-10-8-18(9-11-19)14-17-6-4-3-5-7-17/h3-11H,2,12-16H2,1H3,(H2,26,27,29). The summed E-state index contributed by atoms with van der Waals surface area (Å²) in [5.74, 6) is 0. The first-order chi connectivity index (χ1) is 15.2. The number of likely N-dealkylation sites (N-methyl/N-ethyl adjacent to an activating group) is 1. The lowest BCUT2D eigenvalue weighted by atomic mass is 10.0. The zero-order valence-corrected chi connectivity index (χ0v) is 18.4. The normalized spacial score (nSPS) is 13.5. The third-order valence-electron chi connectivity index (χ3n) is 5.61. The molecule has 0 bridgehead atoms. The Morgan fingerprint density at radius 2 is 1.81 bits per heavy atom. The van der Waals surface area contributed by atoms with E-state index in [-0.39, 0.29) is 12.6 Å². The average molecular weight is 435 g/mol. The van der Waals surface area contributed by atoms with E-state index in [1.807, 2.05) is 42.5 Å². The molecule has 2 N–H and O–H groups in total. The number of hydrogen-bond donors (Lipinski definition) is 2. The predicted molar refractivity (Wildman–Crippen MR) is 127 cm³/mol. The van der Waals surface area contributed by atoms with Gasteiger partial charge < -0.3 is 5.32 Å². The molecule has 0 atom stereocenters. The fourth-order valence-electron chi connectivity index (χ4n) is 3.93. The number of anilines is 2. The number of rotatable bonds is 7. The van der Waals surface area contributed by atoms with Gasteiger partial charge in [-0.05, 0) is 48.2 Å². The summed E-state index contributed by atoms with van der Waals surface area (Å²) in [5.41, 5.74) is 5.19. The molecule has 0 aliphatic carbocycles. The number of hydrogen-bond acceptors (Lipinski definition) is 5. The molecule has 0 saturated heterocycles. The molecular weight excluding hydrogens is 408 g/mol. The molecule has 0 unspecified atom stereocenters. The number of urea groups is 1. The van der Waals surface area contributed by atoms with Gasteiger partial charge in [-0.1, -0.05) is 54.6 Å². The summed E-state index contributed by atoms with van der Waals surface area (Å²) in [6, 6.07) is 17.8. The van der Waals surface area contributed by atoms with Gasteiger partial charge in [-0.25, -0.2) is 4.79 Å². The molecule has 0 spiro atoms. The van der Waals surface area contributed by atoms with Gasteiger partial charge in [0.2, 0.25) is 0 Å². The highest BCUT2D eigenvalue weighted by atomic mass is 32.1. The minimum Gasteiger partial charge on any atom is -0.308 e. The summed E-state index contributed by atoms with van der Waals surface area (Å²) >= 11 is 1.55. The Labute approximate surface area is 186 Å². The molecule has 1 aromatic heterocycles. The van der Waals surface area contributed by atoms with Crippen molar-refractivity contribution in [3.8, 4) is 0 Å². The second-order valence-electron chi connectivity index (χ2n) is 7.66. The number of nitrogens with one attached hydrogen (secondary N) is 2. The van der Waals surface area contributed by atoms with Gasteiger partial charge in [0, 0.05) is 29.2 Å². The molecule has 160 valence electrons. The highest BCUT2D eigenvalue weighted by molar-refractivity contribution is 7.16. The van der Waals surface area contributed by atoms with E-state index in [2.05, 4.69) is 39.8 Å². The average Bonchev–Trinajstić information content (AvgIpc) is 3.12. The molecule has 0 radical (unpaired) electrons. The van der Waals surface area contributed by atoms with Gasteiger partial charge in [-0.3, -0.25) is 10.2 Å². The maximum atomic E-state index is 12.6. The number of carbonyl (C=O) groups excluding carboxylic acids is 1. The molecule has 0 fully saturated rings. The molecule has 0 saturated carbocycles. The summed E-state index contributed by atoms with van der Waals surface area (Å²) in [7, 11) is 0.